The third kappa shape index (κ3) is 6.50. The molecule has 0 saturated carbocycles. The van der Waals surface area contributed by atoms with Gasteiger partial charge in [0.05, 0.1) is 0 Å². The Hall–Kier alpha value is -3.16. The van der Waals surface area contributed by atoms with Crippen LogP contribution in [0.2, 0.25) is 0 Å². The van der Waals surface area contributed by atoms with E-state index in [2.05, 4.69) is 126 Å². The van der Waals surface area contributed by atoms with Gasteiger partial charge in [-0.15, -0.1) is 0 Å². The van der Waals surface area contributed by atoms with Gasteiger partial charge in [-0.1, -0.05) is 121 Å². The van der Waals surface area contributed by atoms with Crippen LogP contribution in [0, 0.1) is 11.8 Å². The lowest BCUT2D eigenvalue weighted by Crippen LogP contribution is -2.52. The summed E-state index contributed by atoms with van der Waals surface area (Å²) in [5.41, 5.74) is 5.85. The Morgan fingerprint density at radius 2 is 0.971 bits per heavy atom. The molecule has 0 spiro atoms. The van der Waals surface area contributed by atoms with E-state index in [-0.39, 0.29) is 0 Å². The van der Waals surface area contributed by atoms with E-state index in [9.17, 15) is 0 Å². The molecule has 0 N–H and O–H groups in total. The number of rotatable bonds is 9. The van der Waals surface area contributed by atoms with Crippen LogP contribution in [0.1, 0.15) is 28.7 Å². The van der Waals surface area contributed by atoms with Gasteiger partial charge in [0.25, 0.3) is 0 Å². The maximum absolute atomic E-state index is 2.81. The SMILES string of the molecule is c1ccc(CCN2CCC(Cc3ccccc3)[C@@H](Cc3ccccc3)[C@@H]2Cc2ccccc2)cc1. The Bertz CT molecular complexity index is 1120. The van der Waals surface area contributed by atoms with Crippen LogP contribution in [0.15, 0.2) is 121 Å². The van der Waals surface area contributed by atoms with Crippen molar-refractivity contribution in [3.8, 4) is 0 Å². The summed E-state index contributed by atoms with van der Waals surface area (Å²) in [6.45, 7) is 2.32. The molecule has 1 unspecified atom stereocenters. The molecule has 35 heavy (non-hydrogen) atoms. The van der Waals surface area contributed by atoms with Crippen LogP contribution >= 0.6 is 0 Å². The van der Waals surface area contributed by atoms with Gasteiger partial charge in [0.15, 0.2) is 0 Å². The molecular weight excluding hydrogens is 422 g/mol. The Morgan fingerprint density at radius 1 is 0.514 bits per heavy atom. The average molecular weight is 460 g/mol. The van der Waals surface area contributed by atoms with Gasteiger partial charge >= 0.3 is 0 Å². The summed E-state index contributed by atoms with van der Waals surface area (Å²) >= 11 is 0. The lowest BCUT2D eigenvalue weighted by molar-refractivity contribution is 0.0481. The summed E-state index contributed by atoms with van der Waals surface area (Å²) in [6, 6.07) is 45.0. The second kappa shape index (κ2) is 12.0. The zero-order valence-electron chi connectivity index (χ0n) is 20.7. The van der Waals surface area contributed by atoms with Gasteiger partial charge in [-0.25, -0.2) is 0 Å². The number of benzene rings is 4. The highest BCUT2D eigenvalue weighted by atomic mass is 15.2. The highest BCUT2D eigenvalue weighted by Crippen LogP contribution is 2.36. The van der Waals surface area contributed by atoms with Gasteiger partial charge in [0.2, 0.25) is 0 Å². The van der Waals surface area contributed by atoms with Crippen molar-refractivity contribution in [1.82, 2.24) is 4.90 Å². The topological polar surface area (TPSA) is 3.24 Å². The van der Waals surface area contributed by atoms with Crippen LogP contribution in [-0.4, -0.2) is 24.0 Å². The quantitative estimate of drug-likeness (QED) is 0.254. The minimum Gasteiger partial charge on any atom is -0.299 e. The van der Waals surface area contributed by atoms with Crippen molar-refractivity contribution >= 4 is 0 Å². The fraction of sp³-hybridized carbons (Fsp3) is 0.294. The molecule has 1 nitrogen and oxygen atoms in total. The van der Waals surface area contributed by atoms with E-state index in [1.165, 1.54) is 41.6 Å². The van der Waals surface area contributed by atoms with Crippen molar-refractivity contribution in [1.29, 1.82) is 0 Å². The fourth-order valence-electron chi connectivity index (χ4n) is 5.99. The Labute approximate surface area is 211 Å². The summed E-state index contributed by atoms with van der Waals surface area (Å²) in [7, 11) is 0. The van der Waals surface area contributed by atoms with E-state index in [0.717, 1.165) is 25.8 Å². The first-order chi connectivity index (χ1) is 17.3. The van der Waals surface area contributed by atoms with Crippen LogP contribution in [0.5, 0.6) is 0 Å². The van der Waals surface area contributed by atoms with Gasteiger partial charge < -0.3 is 0 Å². The van der Waals surface area contributed by atoms with Crippen molar-refractivity contribution < 1.29 is 0 Å². The van der Waals surface area contributed by atoms with Crippen molar-refractivity contribution in [3.63, 3.8) is 0 Å². The maximum Gasteiger partial charge on any atom is 0.0170 e. The zero-order chi connectivity index (χ0) is 23.7. The minimum atomic E-state index is 0.545. The number of hydrogen-bond acceptors (Lipinski definition) is 1. The molecule has 0 radical (unpaired) electrons. The zero-order valence-corrected chi connectivity index (χ0v) is 20.7. The maximum atomic E-state index is 2.81. The van der Waals surface area contributed by atoms with E-state index < -0.39 is 0 Å². The van der Waals surface area contributed by atoms with Gasteiger partial charge in [0.1, 0.15) is 0 Å². The Balaban J connectivity index is 1.43. The van der Waals surface area contributed by atoms with Crippen molar-refractivity contribution in [2.75, 3.05) is 13.1 Å². The highest BCUT2D eigenvalue weighted by Gasteiger charge is 2.37. The number of nitrogens with zero attached hydrogens (tertiary/aromatic N) is 1. The molecule has 1 fully saturated rings. The average Bonchev–Trinajstić information content (AvgIpc) is 2.92. The number of piperidine rings is 1. The molecule has 178 valence electrons. The van der Waals surface area contributed by atoms with Gasteiger partial charge in [-0.05, 0) is 72.7 Å². The number of likely N-dealkylation sites (tertiary alicyclic amines) is 1. The molecule has 4 aromatic rings. The van der Waals surface area contributed by atoms with E-state index in [1.807, 2.05) is 0 Å². The first kappa shape index (κ1) is 23.6. The smallest absolute Gasteiger partial charge is 0.0170 e. The third-order valence-electron chi connectivity index (χ3n) is 7.83. The highest BCUT2D eigenvalue weighted by molar-refractivity contribution is 5.22. The molecule has 4 aromatic carbocycles. The normalized spacial score (nSPS) is 20.5. The molecule has 0 aromatic heterocycles. The summed E-state index contributed by atoms with van der Waals surface area (Å²) in [4.78, 5) is 2.81. The molecule has 5 rings (SSSR count). The summed E-state index contributed by atoms with van der Waals surface area (Å²) in [5.74, 6) is 1.32. The molecule has 1 saturated heterocycles. The molecule has 1 heterocycles. The predicted octanol–water partition coefficient (Wildman–Crippen LogP) is 7.26. The van der Waals surface area contributed by atoms with E-state index >= 15 is 0 Å². The van der Waals surface area contributed by atoms with E-state index in [0.29, 0.717) is 17.9 Å². The van der Waals surface area contributed by atoms with Crippen molar-refractivity contribution in [2.24, 2.45) is 11.8 Å². The Kier molecular flexibility index (Phi) is 8.08. The molecule has 0 aliphatic carbocycles. The Morgan fingerprint density at radius 3 is 1.51 bits per heavy atom. The van der Waals surface area contributed by atoms with Crippen LogP contribution < -0.4 is 0 Å². The standard InChI is InChI=1S/C34H37N/c1-5-13-28(14-6-1)21-23-35-24-22-32(25-29-15-7-2-8-16-29)33(26-30-17-9-3-10-18-30)34(35)27-31-19-11-4-12-20-31/h1-20,32-34H,21-27H2/t32?,33-,34+/m1/s1. The van der Waals surface area contributed by atoms with Gasteiger partial charge in [-0.2, -0.15) is 0 Å². The molecule has 1 heteroatoms. The molecular formula is C34H37N. The predicted molar refractivity (Wildman–Crippen MR) is 148 cm³/mol. The van der Waals surface area contributed by atoms with Crippen LogP contribution in [-0.2, 0) is 25.7 Å². The summed E-state index contributed by atoms with van der Waals surface area (Å²) in [5, 5.41) is 0. The second-order valence-electron chi connectivity index (χ2n) is 10.1. The lowest BCUT2D eigenvalue weighted by atomic mass is 9.72. The molecule has 0 amide bonds. The number of hydrogen-bond donors (Lipinski definition) is 0. The van der Waals surface area contributed by atoms with Crippen molar-refractivity contribution in [3.05, 3.63) is 144 Å². The third-order valence-corrected chi connectivity index (χ3v) is 7.83. The van der Waals surface area contributed by atoms with Crippen LogP contribution in [0.4, 0.5) is 0 Å². The monoisotopic (exact) mass is 459 g/mol. The largest absolute Gasteiger partial charge is 0.299 e. The van der Waals surface area contributed by atoms with Crippen molar-refractivity contribution in [2.45, 2.75) is 38.1 Å². The van der Waals surface area contributed by atoms with Gasteiger partial charge in [-0.3, -0.25) is 4.90 Å². The van der Waals surface area contributed by atoms with Crippen LogP contribution in [0.3, 0.4) is 0 Å². The summed E-state index contributed by atoms with van der Waals surface area (Å²) < 4.78 is 0. The molecule has 1 aliphatic rings. The lowest BCUT2D eigenvalue weighted by Gasteiger charge is -2.46. The first-order valence-electron chi connectivity index (χ1n) is 13.2. The second-order valence-corrected chi connectivity index (χ2v) is 10.1. The fourth-order valence-corrected chi connectivity index (χ4v) is 5.99. The first-order valence-corrected chi connectivity index (χ1v) is 13.2. The molecule has 0 bridgehead atoms. The van der Waals surface area contributed by atoms with E-state index in [1.54, 1.807) is 0 Å². The minimum absolute atomic E-state index is 0.545. The van der Waals surface area contributed by atoms with Crippen LogP contribution in [0.25, 0.3) is 0 Å². The van der Waals surface area contributed by atoms with E-state index in [4.69, 9.17) is 0 Å². The molecule has 1 aliphatic heterocycles. The summed E-state index contributed by atoms with van der Waals surface area (Å²) in [6.07, 6.45) is 5.84. The van der Waals surface area contributed by atoms with Gasteiger partial charge in [0, 0.05) is 12.6 Å². The molecule has 3 atom stereocenters.